The molecule has 1 aliphatic heterocycles. The fourth-order valence-electron chi connectivity index (χ4n) is 2.59. The van der Waals surface area contributed by atoms with Gasteiger partial charge in [-0.15, -0.1) is 0 Å². The van der Waals surface area contributed by atoms with E-state index in [4.69, 9.17) is 4.74 Å². The average Bonchev–Trinajstić information content (AvgIpc) is 2.67. The third kappa shape index (κ3) is 5.06. The summed E-state index contributed by atoms with van der Waals surface area (Å²) in [5.74, 6) is 0.480. The first-order valence-electron chi connectivity index (χ1n) is 8.40. The molecule has 1 aromatic carbocycles. The molecule has 1 aromatic rings. The molecule has 0 N–H and O–H groups in total. The molecule has 1 aliphatic rings. The Bertz CT molecular complexity index is 777. The smallest absolute Gasteiger partial charge is 0.260 e. The molecule has 0 spiro atoms. The SMILES string of the molecule is C=C/C=C(\C=C/C)S(=O)(=O)N1CCN(C(=O)COc2ccccc2)CC1. The maximum absolute atomic E-state index is 12.7. The molecule has 2 rings (SSSR count). The van der Waals surface area contributed by atoms with Crippen LogP contribution in [0.3, 0.4) is 0 Å². The summed E-state index contributed by atoms with van der Waals surface area (Å²) < 4.78 is 32.2. The molecule has 1 heterocycles. The number of carbonyl (C=O) groups is 1. The van der Waals surface area contributed by atoms with E-state index in [0.29, 0.717) is 18.8 Å². The molecule has 1 amide bonds. The topological polar surface area (TPSA) is 66.9 Å². The fraction of sp³-hybridized carbons (Fsp3) is 0.316. The minimum absolute atomic E-state index is 0.0586. The Morgan fingerprint density at radius 1 is 1.19 bits per heavy atom. The molecule has 26 heavy (non-hydrogen) atoms. The van der Waals surface area contributed by atoms with Crippen molar-refractivity contribution in [2.24, 2.45) is 0 Å². The highest BCUT2D eigenvalue weighted by Gasteiger charge is 2.30. The van der Waals surface area contributed by atoms with Gasteiger partial charge in [0, 0.05) is 26.2 Å². The predicted octanol–water partition coefficient (Wildman–Crippen LogP) is 2.19. The van der Waals surface area contributed by atoms with Crippen LogP contribution in [0.5, 0.6) is 5.75 Å². The van der Waals surface area contributed by atoms with Gasteiger partial charge in [0.1, 0.15) is 5.75 Å². The van der Waals surface area contributed by atoms with Gasteiger partial charge >= 0.3 is 0 Å². The van der Waals surface area contributed by atoms with Crippen LogP contribution in [0.4, 0.5) is 0 Å². The van der Waals surface area contributed by atoms with E-state index in [1.54, 1.807) is 36.1 Å². The Hall–Kier alpha value is -2.38. The van der Waals surface area contributed by atoms with E-state index in [1.165, 1.54) is 16.5 Å². The third-order valence-electron chi connectivity index (χ3n) is 3.95. The van der Waals surface area contributed by atoms with Crippen LogP contribution in [0, 0.1) is 0 Å². The lowest BCUT2D eigenvalue weighted by Crippen LogP contribution is -2.51. The second-order valence-corrected chi connectivity index (χ2v) is 7.63. The van der Waals surface area contributed by atoms with Crippen molar-refractivity contribution in [3.8, 4) is 5.75 Å². The fourth-order valence-corrected chi connectivity index (χ4v) is 4.11. The Morgan fingerprint density at radius 3 is 2.42 bits per heavy atom. The molecule has 0 aromatic heterocycles. The van der Waals surface area contributed by atoms with E-state index in [-0.39, 0.29) is 30.5 Å². The second-order valence-electron chi connectivity index (χ2n) is 5.69. The molecule has 0 saturated carbocycles. The number of sulfonamides is 1. The quantitative estimate of drug-likeness (QED) is 0.684. The molecule has 0 atom stereocenters. The molecule has 7 heteroatoms. The lowest BCUT2D eigenvalue weighted by Gasteiger charge is -2.34. The van der Waals surface area contributed by atoms with Gasteiger partial charge in [-0.1, -0.05) is 36.9 Å². The van der Waals surface area contributed by atoms with Crippen LogP contribution in [-0.2, 0) is 14.8 Å². The summed E-state index contributed by atoms with van der Waals surface area (Å²) in [6.45, 7) is 6.46. The van der Waals surface area contributed by atoms with Crippen LogP contribution < -0.4 is 4.74 Å². The van der Waals surface area contributed by atoms with Gasteiger partial charge in [0.25, 0.3) is 5.91 Å². The zero-order valence-corrected chi connectivity index (χ0v) is 15.7. The average molecular weight is 376 g/mol. The molecule has 0 aliphatic carbocycles. The predicted molar refractivity (Wildman–Crippen MR) is 102 cm³/mol. The standard InChI is InChI=1S/C19H24N2O4S/c1-3-8-18(9-4-2)26(23,24)21-14-12-20(13-15-21)19(22)16-25-17-10-6-5-7-11-17/h3-11H,1,12-16H2,2H3/b9-4-,18-8+. The van der Waals surface area contributed by atoms with Crippen molar-refractivity contribution in [1.29, 1.82) is 0 Å². The zero-order chi connectivity index (χ0) is 19.0. The highest BCUT2D eigenvalue weighted by atomic mass is 32.2. The van der Waals surface area contributed by atoms with E-state index in [9.17, 15) is 13.2 Å². The number of piperazine rings is 1. The summed E-state index contributed by atoms with van der Waals surface area (Å²) in [5.41, 5.74) is 0. The summed E-state index contributed by atoms with van der Waals surface area (Å²) in [5, 5.41) is 0. The number of carbonyl (C=O) groups excluding carboxylic acids is 1. The normalized spacial score (nSPS) is 16.7. The monoisotopic (exact) mass is 376 g/mol. The first-order valence-corrected chi connectivity index (χ1v) is 9.84. The Balaban J connectivity index is 1.92. The number of ether oxygens (including phenoxy) is 1. The molecular weight excluding hydrogens is 352 g/mol. The largest absolute Gasteiger partial charge is 0.484 e. The number of allylic oxidation sites excluding steroid dienone is 4. The highest BCUT2D eigenvalue weighted by molar-refractivity contribution is 7.93. The number of hydrogen-bond donors (Lipinski definition) is 0. The Morgan fingerprint density at radius 2 is 1.85 bits per heavy atom. The van der Waals surface area contributed by atoms with Crippen molar-refractivity contribution < 1.29 is 17.9 Å². The minimum atomic E-state index is -3.59. The van der Waals surface area contributed by atoms with Crippen molar-refractivity contribution in [2.45, 2.75) is 6.92 Å². The summed E-state index contributed by atoms with van der Waals surface area (Å²) in [7, 11) is -3.59. The van der Waals surface area contributed by atoms with Crippen LogP contribution >= 0.6 is 0 Å². The van der Waals surface area contributed by atoms with Gasteiger partial charge in [0.15, 0.2) is 6.61 Å². The highest BCUT2D eigenvalue weighted by Crippen LogP contribution is 2.17. The number of rotatable bonds is 7. The van der Waals surface area contributed by atoms with Gasteiger partial charge in [0.05, 0.1) is 4.91 Å². The summed E-state index contributed by atoms with van der Waals surface area (Å²) in [4.78, 5) is 14.1. The molecular formula is C19H24N2O4S. The van der Waals surface area contributed by atoms with Crippen molar-refractivity contribution in [2.75, 3.05) is 32.8 Å². The lowest BCUT2D eigenvalue weighted by molar-refractivity contribution is -0.134. The summed E-state index contributed by atoms with van der Waals surface area (Å²) in [6, 6.07) is 9.11. The van der Waals surface area contributed by atoms with Crippen molar-refractivity contribution >= 4 is 15.9 Å². The summed E-state index contributed by atoms with van der Waals surface area (Å²) >= 11 is 0. The lowest BCUT2D eigenvalue weighted by atomic mass is 10.3. The minimum Gasteiger partial charge on any atom is -0.484 e. The van der Waals surface area contributed by atoms with E-state index >= 15 is 0 Å². The van der Waals surface area contributed by atoms with E-state index in [2.05, 4.69) is 6.58 Å². The molecule has 0 unspecified atom stereocenters. The number of hydrogen-bond acceptors (Lipinski definition) is 4. The molecule has 0 bridgehead atoms. The molecule has 140 valence electrons. The molecule has 1 saturated heterocycles. The van der Waals surface area contributed by atoms with Crippen molar-refractivity contribution in [3.63, 3.8) is 0 Å². The van der Waals surface area contributed by atoms with Crippen molar-refractivity contribution in [3.05, 3.63) is 66.1 Å². The summed E-state index contributed by atoms with van der Waals surface area (Å²) in [6.07, 6.45) is 6.14. The number of benzene rings is 1. The van der Waals surface area contributed by atoms with E-state index < -0.39 is 10.0 Å². The van der Waals surface area contributed by atoms with Gasteiger partial charge in [-0.2, -0.15) is 4.31 Å². The molecule has 0 radical (unpaired) electrons. The van der Waals surface area contributed by atoms with Crippen LogP contribution in [0.15, 0.2) is 66.1 Å². The van der Waals surface area contributed by atoms with Crippen LogP contribution in [0.25, 0.3) is 0 Å². The van der Waals surface area contributed by atoms with Crippen LogP contribution in [0.2, 0.25) is 0 Å². The molecule has 1 fully saturated rings. The number of amides is 1. The van der Waals surface area contributed by atoms with E-state index in [0.717, 1.165) is 0 Å². The van der Waals surface area contributed by atoms with Crippen LogP contribution in [-0.4, -0.2) is 56.3 Å². The Kier molecular flexibility index (Phi) is 7.17. The number of para-hydroxylation sites is 1. The van der Waals surface area contributed by atoms with E-state index in [1.807, 2.05) is 18.2 Å². The zero-order valence-electron chi connectivity index (χ0n) is 14.9. The van der Waals surface area contributed by atoms with Gasteiger partial charge < -0.3 is 9.64 Å². The van der Waals surface area contributed by atoms with Gasteiger partial charge in [0.2, 0.25) is 10.0 Å². The second kappa shape index (κ2) is 9.35. The first kappa shape index (κ1) is 19.9. The van der Waals surface area contributed by atoms with Gasteiger partial charge in [-0.25, -0.2) is 8.42 Å². The van der Waals surface area contributed by atoms with Gasteiger partial charge in [-0.05, 0) is 31.2 Å². The molecule has 6 nitrogen and oxygen atoms in total. The van der Waals surface area contributed by atoms with Crippen LogP contribution in [0.1, 0.15) is 6.92 Å². The van der Waals surface area contributed by atoms with Crippen molar-refractivity contribution in [1.82, 2.24) is 9.21 Å². The number of nitrogens with zero attached hydrogens (tertiary/aromatic N) is 2. The first-order chi connectivity index (χ1) is 12.5. The maximum atomic E-state index is 12.7. The maximum Gasteiger partial charge on any atom is 0.260 e. The third-order valence-corrected chi connectivity index (χ3v) is 5.86. The van der Waals surface area contributed by atoms with Gasteiger partial charge in [-0.3, -0.25) is 4.79 Å². The Labute approximate surface area is 155 Å².